The highest BCUT2D eigenvalue weighted by atomic mass is 16.3. The van der Waals surface area contributed by atoms with Crippen LogP contribution in [-0.2, 0) is 18.3 Å². The molecule has 5 heteroatoms. The Bertz CT molecular complexity index is 580. The molecular weight excluding hydrogens is 242 g/mol. The number of allylic oxidation sites excluding steroid dienone is 1. The molecule has 5 nitrogen and oxygen atoms in total. The largest absolute Gasteiger partial charge is 0.465 e. The topological polar surface area (TPSA) is 59.5 Å². The van der Waals surface area contributed by atoms with Crippen molar-refractivity contribution >= 4 is 18.2 Å². The molecule has 0 radical (unpaired) electrons. The zero-order chi connectivity index (χ0) is 13.5. The summed E-state index contributed by atoms with van der Waals surface area (Å²) in [6, 6.07) is 7.44. The van der Waals surface area contributed by atoms with Crippen molar-refractivity contribution in [2.45, 2.75) is 6.42 Å². The molecule has 0 aliphatic rings. The number of hydrogen-bond donors (Lipinski definition) is 1. The van der Waals surface area contributed by atoms with Gasteiger partial charge in [-0.05, 0) is 36.4 Å². The number of nitrogens with zero attached hydrogens (tertiary/aromatic N) is 2. The fourth-order valence-electron chi connectivity index (χ4n) is 1.56. The number of amides is 1. The van der Waals surface area contributed by atoms with Crippen LogP contribution in [0.15, 0.2) is 52.3 Å². The number of hydrazone groups is 1. The van der Waals surface area contributed by atoms with Gasteiger partial charge in [0.1, 0.15) is 5.76 Å². The standard InChI is InChI=1S/C14H15N3O2/c1-17-9-3-5-12(17)11-14(18)16-15-8-2-6-13-7-4-10-19-13/h2-10H,11H2,1H3,(H,16,18)/b6-2+,15-8?. The monoisotopic (exact) mass is 257 g/mol. The van der Waals surface area contributed by atoms with E-state index in [1.807, 2.05) is 36.0 Å². The quantitative estimate of drug-likeness (QED) is 0.657. The molecule has 0 saturated heterocycles. The summed E-state index contributed by atoms with van der Waals surface area (Å²) in [5, 5.41) is 3.82. The molecule has 98 valence electrons. The van der Waals surface area contributed by atoms with E-state index >= 15 is 0 Å². The Kier molecular flexibility index (Phi) is 4.34. The van der Waals surface area contributed by atoms with Gasteiger partial charge in [0.05, 0.1) is 12.7 Å². The Balaban J connectivity index is 1.76. The van der Waals surface area contributed by atoms with Gasteiger partial charge in [0.2, 0.25) is 5.91 Å². The fourth-order valence-corrected chi connectivity index (χ4v) is 1.56. The van der Waals surface area contributed by atoms with Crippen molar-refractivity contribution in [3.8, 4) is 0 Å². The summed E-state index contributed by atoms with van der Waals surface area (Å²) in [6.45, 7) is 0. The van der Waals surface area contributed by atoms with Gasteiger partial charge in [-0.25, -0.2) is 5.43 Å². The number of hydrogen-bond acceptors (Lipinski definition) is 3. The normalized spacial score (nSPS) is 11.4. The third-order valence-electron chi connectivity index (χ3n) is 2.55. The number of carbonyl (C=O) groups is 1. The molecule has 1 amide bonds. The van der Waals surface area contributed by atoms with Gasteiger partial charge in [0.15, 0.2) is 0 Å². The summed E-state index contributed by atoms with van der Waals surface area (Å²) >= 11 is 0. The van der Waals surface area contributed by atoms with Gasteiger partial charge in [-0.2, -0.15) is 5.10 Å². The number of furan rings is 1. The van der Waals surface area contributed by atoms with Crippen LogP contribution in [0.5, 0.6) is 0 Å². The average Bonchev–Trinajstić information content (AvgIpc) is 3.02. The van der Waals surface area contributed by atoms with E-state index < -0.39 is 0 Å². The van der Waals surface area contributed by atoms with Gasteiger partial charge in [0.25, 0.3) is 0 Å². The number of carbonyl (C=O) groups excluding carboxylic acids is 1. The summed E-state index contributed by atoms with van der Waals surface area (Å²) in [7, 11) is 1.90. The van der Waals surface area contributed by atoms with Crippen LogP contribution in [0.4, 0.5) is 0 Å². The first-order valence-electron chi connectivity index (χ1n) is 5.88. The van der Waals surface area contributed by atoms with Crippen molar-refractivity contribution in [3.05, 3.63) is 54.3 Å². The van der Waals surface area contributed by atoms with Crippen molar-refractivity contribution in [3.63, 3.8) is 0 Å². The Morgan fingerprint density at radius 3 is 3.05 bits per heavy atom. The van der Waals surface area contributed by atoms with E-state index in [2.05, 4.69) is 10.5 Å². The maximum atomic E-state index is 11.6. The van der Waals surface area contributed by atoms with E-state index in [4.69, 9.17) is 4.42 Å². The zero-order valence-electron chi connectivity index (χ0n) is 10.6. The maximum absolute atomic E-state index is 11.6. The second-order valence-electron chi connectivity index (χ2n) is 3.97. The lowest BCUT2D eigenvalue weighted by Gasteiger charge is -2.01. The molecule has 0 aliphatic heterocycles. The van der Waals surface area contributed by atoms with E-state index in [-0.39, 0.29) is 5.91 Å². The van der Waals surface area contributed by atoms with Crippen molar-refractivity contribution < 1.29 is 9.21 Å². The van der Waals surface area contributed by atoms with Gasteiger partial charge < -0.3 is 8.98 Å². The van der Waals surface area contributed by atoms with Gasteiger partial charge in [0, 0.05) is 25.2 Å². The molecule has 0 unspecified atom stereocenters. The van der Waals surface area contributed by atoms with Crippen LogP contribution in [0.2, 0.25) is 0 Å². The molecule has 2 heterocycles. The maximum Gasteiger partial charge on any atom is 0.245 e. The highest BCUT2D eigenvalue weighted by Crippen LogP contribution is 2.01. The number of aryl methyl sites for hydroxylation is 1. The van der Waals surface area contributed by atoms with E-state index in [9.17, 15) is 4.79 Å². The molecule has 2 aromatic heterocycles. The van der Waals surface area contributed by atoms with Crippen LogP contribution in [-0.4, -0.2) is 16.7 Å². The van der Waals surface area contributed by atoms with Crippen LogP contribution in [0, 0.1) is 0 Å². The summed E-state index contributed by atoms with van der Waals surface area (Å²) in [5.41, 5.74) is 3.41. The first-order chi connectivity index (χ1) is 9.25. The van der Waals surface area contributed by atoms with Gasteiger partial charge >= 0.3 is 0 Å². The van der Waals surface area contributed by atoms with E-state index in [0.717, 1.165) is 11.5 Å². The Labute approximate surface area is 111 Å². The lowest BCUT2D eigenvalue weighted by Crippen LogP contribution is -2.20. The van der Waals surface area contributed by atoms with Crippen molar-refractivity contribution in [2.24, 2.45) is 12.1 Å². The lowest BCUT2D eigenvalue weighted by atomic mass is 10.3. The molecule has 0 bridgehead atoms. The molecule has 0 fully saturated rings. The van der Waals surface area contributed by atoms with Gasteiger partial charge in [-0.1, -0.05) is 0 Å². The van der Waals surface area contributed by atoms with Crippen molar-refractivity contribution in [1.82, 2.24) is 9.99 Å². The second-order valence-corrected chi connectivity index (χ2v) is 3.97. The molecule has 0 atom stereocenters. The molecule has 0 saturated carbocycles. The lowest BCUT2D eigenvalue weighted by molar-refractivity contribution is -0.120. The van der Waals surface area contributed by atoms with Crippen molar-refractivity contribution in [2.75, 3.05) is 0 Å². The first kappa shape index (κ1) is 12.9. The van der Waals surface area contributed by atoms with Crippen LogP contribution in [0.1, 0.15) is 11.5 Å². The molecule has 0 spiro atoms. The predicted octanol–water partition coefficient (Wildman–Crippen LogP) is 1.98. The number of rotatable bonds is 5. The number of nitrogens with one attached hydrogen (secondary N) is 1. The van der Waals surface area contributed by atoms with Crippen LogP contribution >= 0.6 is 0 Å². The SMILES string of the molecule is Cn1cccc1CC(=O)NN=C/C=C/c1ccco1. The Morgan fingerprint density at radius 1 is 1.47 bits per heavy atom. The van der Waals surface area contributed by atoms with E-state index in [0.29, 0.717) is 6.42 Å². The Morgan fingerprint density at radius 2 is 2.37 bits per heavy atom. The summed E-state index contributed by atoms with van der Waals surface area (Å²) in [4.78, 5) is 11.6. The molecule has 2 aromatic rings. The molecular formula is C14H15N3O2. The molecule has 1 N–H and O–H groups in total. The number of aromatic nitrogens is 1. The van der Waals surface area contributed by atoms with E-state index in [1.54, 1.807) is 24.5 Å². The third kappa shape index (κ3) is 3.99. The smallest absolute Gasteiger partial charge is 0.245 e. The molecule has 0 aromatic carbocycles. The van der Waals surface area contributed by atoms with Gasteiger partial charge in [-0.3, -0.25) is 4.79 Å². The second kappa shape index (κ2) is 6.39. The van der Waals surface area contributed by atoms with Crippen LogP contribution in [0.25, 0.3) is 6.08 Å². The van der Waals surface area contributed by atoms with E-state index in [1.165, 1.54) is 6.21 Å². The third-order valence-corrected chi connectivity index (χ3v) is 2.55. The average molecular weight is 257 g/mol. The summed E-state index contributed by atoms with van der Waals surface area (Å²) in [5.74, 6) is 0.589. The molecule has 19 heavy (non-hydrogen) atoms. The minimum atomic E-state index is -0.149. The highest BCUT2D eigenvalue weighted by molar-refractivity contribution is 5.81. The predicted molar refractivity (Wildman–Crippen MR) is 73.5 cm³/mol. The molecule has 0 aliphatic carbocycles. The van der Waals surface area contributed by atoms with Crippen molar-refractivity contribution in [1.29, 1.82) is 0 Å². The Hall–Kier alpha value is -2.56. The summed E-state index contributed by atoms with van der Waals surface area (Å²) < 4.78 is 7.01. The van der Waals surface area contributed by atoms with Gasteiger partial charge in [-0.15, -0.1) is 0 Å². The zero-order valence-corrected chi connectivity index (χ0v) is 10.6. The summed E-state index contributed by atoms with van der Waals surface area (Å²) in [6.07, 6.45) is 8.76. The first-order valence-corrected chi connectivity index (χ1v) is 5.88. The minimum Gasteiger partial charge on any atom is -0.465 e. The molecule has 2 rings (SSSR count). The fraction of sp³-hybridized carbons (Fsp3) is 0.143. The highest BCUT2D eigenvalue weighted by Gasteiger charge is 2.03. The van der Waals surface area contributed by atoms with Crippen LogP contribution in [0.3, 0.4) is 0 Å². The van der Waals surface area contributed by atoms with Crippen LogP contribution < -0.4 is 5.43 Å². The minimum absolute atomic E-state index is 0.149.